The molecule has 2 atom stereocenters. The highest BCUT2D eigenvalue weighted by Gasteiger charge is 2.47. The third-order valence-corrected chi connectivity index (χ3v) is 5.82. The van der Waals surface area contributed by atoms with Crippen LogP contribution in [-0.2, 0) is 16.1 Å². The molecule has 0 radical (unpaired) electrons. The quantitative estimate of drug-likeness (QED) is 0.743. The molecular formula is C19H26N4O2. The summed E-state index contributed by atoms with van der Waals surface area (Å²) in [5.41, 5.74) is 1.29. The van der Waals surface area contributed by atoms with Gasteiger partial charge in [0.05, 0.1) is 18.4 Å². The van der Waals surface area contributed by atoms with Crippen LogP contribution >= 0.6 is 0 Å². The van der Waals surface area contributed by atoms with Gasteiger partial charge in [-0.1, -0.05) is 11.6 Å². The van der Waals surface area contributed by atoms with Crippen molar-refractivity contribution in [2.45, 2.75) is 63.6 Å². The number of aryl methyl sites for hydroxylation is 1. The zero-order valence-electron chi connectivity index (χ0n) is 14.6. The van der Waals surface area contributed by atoms with Crippen molar-refractivity contribution in [2.75, 3.05) is 13.1 Å². The number of hydrogen-bond acceptors (Lipinski definition) is 3. The third-order valence-electron chi connectivity index (χ3n) is 5.82. The number of hydrogen-bond donors (Lipinski definition) is 0. The van der Waals surface area contributed by atoms with Crippen LogP contribution in [0.2, 0.25) is 0 Å². The lowest BCUT2D eigenvalue weighted by atomic mass is 10.1. The number of carbonyl (C=O) groups excluding carboxylic acids is 2. The number of amides is 2. The Kier molecular flexibility index (Phi) is 4.59. The number of allylic oxidation sites excluding steroid dienone is 1. The fraction of sp³-hybridized carbons (Fsp3) is 0.632. The molecule has 1 aromatic rings. The van der Waals surface area contributed by atoms with Crippen LogP contribution in [-0.4, -0.2) is 56.3 Å². The van der Waals surface area contributed by atoms with Crippen molar-refractivity contribution in [1.29, 1.82) is 0 Å². The van der Waals surface area contributed by atoms with Gasteiger partial charge in [-0.3, -0.25) is 9.59 Å². The van der Waals surface area contributed by atoms with Gasteiger partial charge in [-0.25, -0.2) is 4.98 Å². The van der Waals surface area contributed by atoms with Crippen LogP contribution in [0.3, 0.4) is 0 Å². The number of fused-ring (bicyclic) bond motifs is 1. The molecule has 0 N–H and O–H groups in total. The number of likely N-dealkylation sites (tertiary alicyclic amines) is 2. The number of carbonyl (C=O) groups is 2. The molecule has 1 aliphatic carbocycles. The summed E-state index contributed by atoms with van der Waals surface area (Å²) in [7, 11) is 0. The average Bonchev–Trinajstić information content (AvgIpc) is 3.35. The molecule has 2 saturated heterocycles. The minimum Gasteiger partial charge on any atom is -0.337 e. The first-order valence-corrected chi connectivity index (χ1v) is 9.45. The molecule has 2 aliphatic heterocycles. The Morgan fingerprint density at radius 1 is 1.28 bits per heavy atom. The Morgan fingerprint density at radius 2 is 2.20 bits per heavy atom. The van der Waals surface area contributed by atoms with Crippen LogP contribution in [0.15, 0.2) is 30.4 Å². The van der Waals surface area contributed by atoms with Gasteiger partial charge in [-0.05, 0) is 32.1 Å². The largest absolute Gasteiger partial charge is 0.337 e. The van der Waals surface area contributed by atoms with E-state index in [4.69, 9.17) is 0 Å². The van der Waals surface area contributed by atoms with Crippen molar-refractivity contribution < 1.29 is 9.59 Å². The summed E-state index contributed by atoms with van der Waals surface area (Å²) < 4.78 is 2.04. The van der Waals surface area contributed by atoms with Crippen molar-refractivity contribution >= 4 is 11.8 Å². The molecule has 0 unspecified atom stereocenters. The minimum atomic E-state index is 0.0928. The monoisotopic (exact) mass is 342 g/mol. The van der Waals surface area contributed by atoms with E-state index < -0.39 is 0 Å². The van der Waals surface area contributed by atoms with E-state index in [2.05, 4.69) is 11.1 Å². The van der Waals surface area contributed by atoms with E-state index in [-0.39, 0.29) is 23.9 Å². The molecule has 0 bridgehead atoms. The van der Waals surface area contributed by atoms with Gasteiger partial charge in [0, 0.05) is 44.9 Å². The molecule has 1 aromatic heterocycles. The average molecular weight is 342 g/mol. The van der Waals surface area contributed by atoms with Gasteiger partial charge in [-0.2, -0.15) is 0 Å². The molecule has 134 valence electrons. The van der Waals surface area contributed by atoms with Crippen LogP contribution < -0.4 is 0 Å². The van der Waals surface area contributed by atoms with Crippen LogP contribution in [0, 0.1) is 0 Å². The van der Waals surface area contributed by atoms with E-state index in [0.717, 1.165) is 45.3 Å². The highest BCUT2D eigenvalue weighted by Crippen LogP contribution is 2.34. The fourth-order valence-corrected chi connectivity index (χ4v) is 4.56. The topological polar surface area (TPSA) is 58.4 Å². The lowest BCUT2D eigenvalue weighted by molar-refractivity contribution is -0.131. The summed E-state index contributed by atoms with van der Waals surface area (Å²) in [6.45, 7) is 2.44. The lowest BCUT2D eigenvalue weighted by Crippen LogP contribution is -2.40. The second-order valence-corrected chi connectivity index (χ2v) is 7.39. The van der Waals surface area contributed by atoms with E-state index in [1.807, 2.05) is 26.9 Å². The van der Waals surface area contributed by atoms with Crippen molar-refractivity contribution in [2.24, 2.45) is 0 Å². The second kappa shape index (κ2) is 7.02. The second-order valence-electron chi connectivity index (χ2n) is 7.39. The summed E-state index contributed by atoms with van der Waals surface area (Å²) in [6.07, 6.45) is 14.0. The van der Waals surface area contributed by atoms with Gasteiger partial charge in [0.15, 0.2) is 0 Å². The molecular weight excluding hydrogens is 316 g/mol. The van der Waals surface area contributed by atoms with E-state index in [9.17, 15) is 9.59 Å². The van der Waals surface area contributed by atoms with Gasteiger partial charge < -0.3 is 14.4 Å². The molecule has 2 amide bonds. The Morgan fingerprint density at radius 3 is 2.96 bits per heavy atom. The highest BCUT2D eigenvalue weighted by atomic mass is 16.2. The summed E-state index contributed by atoms with van der Waals surface area (Å²) in [5.74, 6) is 0.423. The van der Waals surface area contributed by atoms with Crippen LogP contribution in [0.1, 0.15) is 44.9 Å². The first-order chi connectivity index (χ1) is 12.2. The molecule has 0 aromatic carbocycles. The Hall–Kier alpha value is -2.11. The zero-order valence-corrected chi connectivity index (χ0v) is 14.6. The molecule has 4 rings (SSSR count). The predicted octanol–water partition coefficient (Wildman–Crippen LogP) is 1.98. The molecule has 0 saturated carbocycles. The zero-order chi connectivity index (χ0) is 17.2. The predicted molar refractivity (Wildman–Crippen MR) is 93.6 cm³/mol. The van der Waals surface area contributed by atoms with Crippen LogP contribution in [0.5, 0.6) is 0 Å². The van der Waals surface area contributed by atoms with Gasteiger partial charge in [0.25, 0.3) is 0 Å². The summed E-state index contributed by atoms with van der Waals surface area (Å²) >= 11 is 0. The van der Waals surface area contributed by atoms with E-state index in [0.29, 0.717) is 12.8 Å². The standard InChI is InChI=1S/C19H26N4O2/c24-18(12-15-4-1-2-5-15)23-10-6-16-17(23)13-19(25)22(16)9-3-8-21-11-7-20-14-21/h4,7,11,14,16-17H,1-3,5-6,8-10,12-13H2/t16-,17-/m0/s1. The molecule has 6 nitrogen and oxygen atoms in total. The number of rotatable bonds is 6. The molecule has 6 heteroatoms. The molecule has 3 aliphatic rings. The number of imidazole rings is 1. The first-order valence-electron chi connectivity index (χ1n) is 9.45. The van der Waals surface area contributed by atoms with Gasteiger partial charge in [0.1, 0.15) is 0 Å². The van der Waals surface area contributed by atoms with E-state index >= 15 is 0 Å². The normalized spacial score (nSPS) is 25.6. The van der Waals surface area contributed by atoms with Crippen molar-refractivity contribution in [3.05, 3.63) is 30.4 Å². The Balaban J connectivity index is 1.33. The summed E-state index contributed by atoms with van der Waals surface area (Å²) in [5, 5.41) is 0. The van der Waals surface area contributed by atoms with Gasteiger partial charge in [-0.15, -0.1) is 0 Å². The van der Waals surface area contributed by atoms with Gasteiger partial charge in [0.2, 0.25) is 11.8 Å². The molecule has 0 spiro atoms. The maximum absolute atomic E-state index is 12.7. The van der Waals surface area contributed by atoms with E-state index in [1.165, 1.54) is 12.0 Å². The Bertz CT molecular complexity index is 667. The van der Waals surface area contributed by atoms with Crippen LogP contribution in [0.4, 0.5) is 0 Å². The minimum absolute atomic E-state index is 0.0928. The maximum Gasteiger partial charge on any atom is 0.226 e. The Labute approximate surface area is 148 Å². The van der Waals surface area contributed by atoms with E-state index in [1.54, 1.807) is 6.20 Å². The van der Waals surface area contributed by atoms with Gasteiger partial charge >= 0.3 is 0 Å². The van der Waals surface area contributed by atoms with Crippen molar-refractivity contribution in [3.63, 3.8) is 0 Å². The SMILES string of the molecule is O=C1C[C@H]2[C@H](CCN2C(=O)CC2=CCCC2)N1CCCn1ccnc1. The third kappa shape index (κ3) is 3.34. The first kappa shape index (κ1) is 16.4. The fourth-order valence-electron chi connectivity index (χ4n) is 4.56. The highest BCUT2D eigenvalue weighted by molar-refractivity contribution is 5.84. The summed E-state index contributed by atoms with van der Waals surface area (Å²) in [4.78, 5) is 33.2. The summed E-state index contributed by atoms with van der Waals surface area (Å²) in [6, 6.07) is 0.312. The number of nitrogens with zero attached hydrogens (tertiary/aromatic N) is 4. The molecule has 2 fully saturated rings. The van der Waals surface area contributed by atoms with Crippen LogP contribution in [0.25, 0.3) is 0 Å². The number of aromatic nitrogens is 2. The molecule has 3 heterocycles. The van der Waals surface area contributed by atoms with Crippen molar-refractivity contribution in [1.82, 2.24) is 19.4 Å². The molecule has 25 heavy (non-hydrogen) atoms. The van der Waals surface area contributed by atoms with Crippen molar-refractivity contribution in [3.8, 4) is 0 Å². The maximum atomic E-state index is 12.7. The lowest BCUT2D eigenvalue weighted by Gasteiger charge is -2.25. The smallest absolute Gasteiger partial charge is 0.226 e.